The van der Waals surface area contributed by atoms with Gasteiger partial charge in [-0.3, -0.25) is 5.73 Å². The summed E-state index contributed by atoms with van der Waals surface area (Å²) in [6, 6.07) is 0. The first-order chi connectivity index (χ1) is 8.24. The molecule has 18 heavy (non-hydrogen) atoms. The molecule has 0 saturated carbocycles. The van der Waals surface area contributed by atoms with Crippen LogP contribution in [0.2, 0.25) is 0 Å². The van der Waals surface area contributed by atoms with Gasteiger partial charge in [0.1, 0.15) is 6.54 Å². The molecule has 1 aliphatic rings. The van der Waals surface area contributed by atoms with Gasteiger partial charge in [0.05, 0.1) is 5.71 Å². The Bertz CT molecular complexity index is 290. The Kier molecular flexibility index (Phi) is 10.8. The molecule has 0 unspecified atom stereocenters. The summed E-state index contributed by atoms with van der Waals surface area (Å²) in [7, 11) is 0. The Morgan fingerprint density at radius 2 is 1.78 bits per heavy atom. The molecule has 1 heterocycles. The minimum absolute atomic E-state index is 0. The zero-order valence-corrected chi connectivity index (χ0v) is 14.0. The Morgan fingerprint density at radius 3 is 2.44 bits per heavy atom. The highest BCUT2D eigenvalue weighted by Crippen LogP contribution is 2.10. The molecule has 2 N–H and O–H groups in total. The van der Waals surface area contributed by atoms with E-state index in [1.807, 2.05) is 4.68 Å². The van der Waals surface area contributed by atoms with E-state index in [0.717, 1.165) is 17.5 Å². The molecule has 0 radical (unpaired) electrons. The fraction of sp³-hybridized carbons (Fsp3) is 0.846. The third-order valence-electron chi connectivity index (χ3n) is 2.95. The van der Waals surface area contributed by atoms with Crippen LogP contribution >= 0.6 is 11.8 Å². The maximum Gasteiger partial charge on any atom is 0.329 e. The molecule has 0 aliphatic carbocycles. The van der Waals surface area contributed by atoms with Crippen LogP contribution < -0.4 is 22.7 Å². The van der Waals surface area contributed by atoms with Gasteiger partial charge in [-0.1, -0.05) is 44.1 Å². The summed E-state index contributed by atoms with van der Waals surface area (Å²) in [6.07, 6.45) is 9.32. The van der Waals surface area contributed by atoms with Crippen molar-refractivity contribution in [3.8, 4) is 0 Å². The van der Waals surface area contributed by atoms with E-state index in [1.165, 1.54) is 50.7 Å². The van der Waals surface area contributed by atoms with Crippen LogP contribution in [0.4, 0.5) is 0 Å². The summed E-state index contributed by atoms with van der Waals surface area (Å²) in [4.78, 5) is 0. The normalized spacial score (nSPS) is 15.3. The molecule has 0 aromatic rings. The Balaban J connectivity index is 0.00000289. The van der Waals surface area contributed by atoms with Crippen molar-refractivity contribution in [1.29, 1.82) is 0 Å². The first-order valence-electron chi connectivity index (χ1n) is 6.81. The summed E-state index contributed by atoms with van der Waals surface area (Å²) in [5.74, 6) is 0.944. The molecule has 3 nitrogen and oxygen atoms in total. The quantitative estimate of drug-likeness (QED) is 0.508. The van der Waals surface area contributed by atoms with Gasteiger partial charge in [0.25, 0.3) is 0 Å². The van der Waals surface area contributed by atoms with Crippen LogP contribution in [0.15, 0.2) is 5.10 Å². The van der Waals surface area contributed by atoms with Crippen molar-refractivity contribution >= 4 is 22.6 Å². The van der Waals surface area contributed by atoms with Gasteiger partial charge in [-0.25, -0.2) is 0 Å². The van der Waals surface area contributed by atoms with Gasteiger partial charge in [-0.15, -0.1) is 4.68 Å². The molecule has 1 aliphatic heterocycles. The van der Waals surface area contributed by atoms with Crippen molar-refractivity contribution in [2.45, 2.75) is 58.8 Å². The average Bonchev–Trinajstić information content (AvgIpc) is 2.32. The monoisotopic (exact) mass is 335 g/mol. The summed E-state index contributed by atoms with van der Waals surface area (Å²) < 4.78 is 1.97. The Labute approximate surface area is 126 Å². The number of hydrazone groups is 1. The van der Waals surface area contributed by atoms with Gasteiger partial charge in [0.2, 0.25) is 0 Å². The van der Waals surface area contributed by atoms with Crippen LogP contribution in [0.1, 0.15) is 58.8 Å². The van der Waals surface area contributed by atoms with Crippen LogP contribution in [0.5, 0.6) is 0 Å². The molecule has 1 rings (SSSR count). The van der Waals surface area contributed by atoms with Crippen LogP contribution in [0.25, 0.3) is 0 Å². The van der Waals surface area contributed by atoms with Crippen LogP contribution in [0.3, 0.4) is 0 Å². The predicted octanol–water partition coefficient (Wildman–Crippen LogP) is 0.191. The minimum Gasteiger partial charge on any atom is -1.00 e. The molecule has 0 atom stereocenters. The molecular weight excluding hydrogens is 310 g/mol. The average molecular weight is 336 g/mol. The van der Waals surface area contributed by atoms with E-state index in [-0.39, 0.29) is 17.0 Å². The maximum atomic E-state index is 5.92. The van der Waals surface area contributed by atoms with Gasteiger partial charge in [-0.05, 0) is 31.5 Å². The van der Waals surface area contributed by atoms with Gasteiger partial charge in [0, 0.05) is 5.75 Å². The van der Waals surface area contributed by atoms with E-state index < -0.39 is 0 Å². The Morgan fingerprint density at radius 1 is 1.17 bits per heavy atom. The molecule has 106 valence electrons. The smallest absolute Gasteiger partial charge is 0.329 e. The number of halogens is 1. The largest absolute Gasteiger partial charge is 1.00 e. The summed E-state index contributed by atoms with van der Waals surface area (Å²) >= 11 is 1.70. The SMILES string of the molecule is CCCCCCCCC[N+]1=C(N)SCC(C)=N1.[Br-]. The summed E-state index contributed by atoms with van der Waals surface area (Å²) in [5.41, 5.74) is 7.09. The lowest BCUT2D eigenvalue weighted by Crippen LogP contribution is -3.00. The number of thioether (sulfide) groups is 1. The number of nitrogens with two attached hydrogens (primary N) is 1. The second kappa shape index (κ2) is 10.9. The third-order valence-corrected chi connectivity index (χ3v) is 4.02. The zero-order valence-electron chi connectivity index (χ0n) is 11.6. The molecule has 0 aromatic heterocycles. The third kappa shape index (κ3) is 7.41. The molecule has 0 amide bonds. The van der Waals surface area contributed by atoms with E-state index >= 15 is 0 Å². The van der Waals surface area contributed by atoms with Gasteiger partial charge in [-0.2, -0.15) is 0 Å². The van der Waals surface area contributed by atoms with Crippen molar-refractivity contribution in [2.24, 2.45) is 10.8 Å². The van der Waals surface area contributed by atoms with E-state index in [4.69, 9.17) is 5.73 Å². The van der Waals surface area contributed by atoms with Gasteiger partial charge in [0.15, 0.2) is 0 Å². The molecule has 0 aromatic carbocycles. The summed E-state index contributed by atoms with van der Waals surface area (Å²) in [6.45, 7) is 5.30. The fourth-order valence-corrected chi connectivity index (χ4v) is 2.61. The molecular formula is C13H26BrN3S. The summed E-state index contributed by atoms with van der Waals surface area (Å²) in [5, 5.41) is 5.34. The lowest BCUT2D eigenvalue weighted by Gasteiger charge is -2.09. The van der Waals surface area contributed by atoms with E-state index in [1.54, 1.807) is 11.8 Å². The van der Waals surface area contributed by atoms with Crippen LogP contribution in [0, 0.1) is 0 Å². The van der Waals surface area contributed by atoms with Crippen LogP contribution in [-0.2, 0) is 0 Å². The minimum atomic E-state index is 0. The van der Waals surface area contributed by atoms with E-state index in [2.05, 4.69) is 18.9 Å². The first-order valence-corrected chi connectivity index (χ1v) is 7.79. The molecule has 0 spiro atoms. The topological polar surface area (TPSA) is 41.4 Å². The van der Waals surface area contributed by atoms with Gasteiger partial charge < -0.3 is 17.0 Å². The number of amidine groups is 1. The molecule has 5 heteroatoms. The van der Waals surface area contributed by atoms with Crippen molar-refractivity contribution in [1.82, 2.24) is 0 Å². The first kappa shape index (κ1) is 18.0. The fourth-order valence-electron chi connectivity index (χ4n) is 1.92. The number of nitrogens with zero attached hydrogens (tertiary/aromatic N) is 2. The highest BCUT2D eigenvalue weighted by molar-refractivity contribution is 8.14. The lowest BCUT2D eigenvalue weighted by molar-refractivity contribution is -0.532. The van der Waals surface area contributed by atoms with E-state index in [9.17, 15) is 0 Å². The number of rotatable bonds is 8. The second-order valence-corrected chi connectivity index (χ2v) is 5.70. The zero-order chi connectivity index (χ0) is 12.5. The van der Waals surface area contributed by atoms with Crippen LogP contribution in [-0.4, -0.2) is 27.9 Å². The van der Waals surface area contributed by atoms with Crippen molar-refractivity contribution in [2.75, 3.05) is 12.3 Å². The number of unbranched alkanes of at least 4 members (excludes halogenated alkanes) is 6. The van der Waals surface area contributed by atoms with Crippen molar-refractivity contribution in [3.63, 3.8) is 0 Å². The number of hydrogen-bond acceptors (Lipinski definition) is 3. The highest BCUT2D eigenvalue weighted by atomic mass is 79.9. The second-order valence-electron chi connectivity index (χ2n) is 4.71. The lowest BCUT2D eigenvalue weighted by atomic mass is 10.1. The number of hydrogen-bond donors (Lipinski definition) is 1. The highest BCUT2D eigenvalue weighted by Gasteiger charge is 2.15. The van der Waals surface area contributed by atoms with Crippen molar-refractivity contribution < 1.29 is 21.7 Å². The maximum absolute atomic E-state index is 5.92. The van der Waals surface area contributed by atoms with Gasteiger partial charge >= 0.3 is 5.17 Å². The standard InChI is InChI=1S/C13H25N3S.BrH/c1-3-4-5-6-7-8-9-10-16-13(14)17-11-12(2)15-16;/h14H,3-11H2,1-2H3;1H. The molecule has 0 saturated heterocycles. The predicted molar refractivity (Wildman–Crippen MR) is 77.9 cm³/mol. The van der Waals surface area contributed by atoms with E-state index in [0.29, 0.717) is 0 Å². The molecule has 0 bridgehead atoms. The Hall–Kier alpha value is -0.0300. The molecule has 0 fully saturated rings. The van der Waals surface area contributed by atoms with Crippen molar-refractivity contribution in [3.05, 3.63) is 0 Å².